The van der Waals surface area contributed by atoms with Crippen molar-refractivity contribution in [2.45, 2.75) is 41.5 Å². The lowest BCUT2D eigenvalue weighted by atomic mass is 10.0. The van der Waals surface area contributed by atoms with E-state index in [1.165, 1.54) is 0 Å². The second-order valence-electron chi connectivity index (χ2n) is 9.23. The predicted octanol–water partition coefficient (Wildman–Crippen LogP) is 7.92. The van der Waals surface area contributed by atoms with Crippen LogP contribution in [-0.2, 0) is 0 Å². The molecule has 5 heteroatoms. The lowest BCUT2D eigenvalue weighted by Gasteiger charge is -2.31. The number of aryl methyl sites for hydroxylation is 6. The van der Waals surface area contributed by atoms with Gasteiger partial charge in [-0.3, -0.25) is 4.90 Å². The van der Waals surface area contributed by atoms with Crippen LogP contribution in [0.4, 0.5) is 17.1 Å². The van der Waals surface area contributed by atoms with Crippen LogP contribution in [0.3, 0.4) is 0 Å². The molecule has 0 aliphatic heterocycles. The molecule has 4 aromatic carbocycles. The van der Waals surface area contributed by atoms with Gasteiger partial charge in [-0.15, -0.1) is 0 Å². The second kappa shape index (κ2) is 9.26. The highest BCUT2D eigenvalue weighted by Gasteiger charge is 2.26. The first-order valence-electron chi connectivity index (χ1n) is 11.5. The van der Waals surface area contributed by atoms with Crippen LogP contribution in [0, 0.1) is 41.5 Å². The number of hydrogen-bond acceptors (Lipinski definition) is 5. The summed E-state index contributed by atoms with van der Waals surface area (Å²) < 4.78 is 6.30. The van der Waals surface area contributed by atoms with Crippen LogP contribution in [0.25, 0.3) is 0 Å². The average Bonchev–Trinajstić information content (AvgIpc) is 2.74. The Morgan fingerprint density at radius 1 is 0.571 bits per heavy atom. The second-order valence-corrected chi connectivity index (χ2v) is 9.23. The molecule has 4 rings (SSSR count). The van der Waals surface area contributed by atoms with E-state index in [0.717, 1.165) is 33.4 Å². The summed E-state index contributed by atoms with van der Waals surface area (Å²) in [5.74, 6) is 1.05. The molecule has 0 heterocycles. The molecule has 4 aromatic rings. The quantitative estimate of drug-likeness (QED) is 0.277. The van der Waals surface area contributed by atoms with Crippen molar-refractivity contribution in [3.63, 3.8) is 0 Å². The van der Waals surface area contributed by atoms with Crippen molar-refractivity contribution in [2.75, 3.05) is 4.90 Å². The fourth-order valence-corrected chi connectivity index (χ4v) is 4.71. The summed E-state index contributed by atoms with van der Waals surface area (Å²) >= 11 is 0. The van der Waals surface area contributed by atoms with E-state index in [1.807, 2.05) is 88.9 Å². The standard InChI is InChI=1S/C30H31NO4/c1-17-11-20(4)28(24(32)14-17)31(29-21(5)12-18(2)15-25(29)33)23-9-7-8-10-27(23)35-30-22(6)13-19(3)16-26(30)34/h7-16,32-34H,1-6H3. The van der Waals surface area contributed by atoms with E-state index in [2.05, 4.69) is 0 Å². The number of aromatic hydroxyl groups is 3. The van der Waals surface area contributed by atoms with Crippen molar-refractivity contribution in [2.24, 2.45) is 0 Å². The third-order valence-corrected chi connectivity index (χ3v) is 6.01. The first kappa shape index (κ1) is 24.0. The highest BCUT2D eigenvalue weighted by molar-refractivity contribution is 5.88. The van der Waals surface area contributed by atoms with Crippen LogP contribution in [0.1, 0.15) is 33.4 Å². The Hall–Kier alpha value is -4.12. The largest absolute Gasteiger partial charge is 0.506 e. The van der Waals surface area contributed by atoms with Gasteiger partial charge in [-0.2, -0.15) is 0 Å². The van der Waals surface area contributed by atoms with Gasteiger partial charge >= 0.3 is 0 Å². The maximum atomic E-state index is 11.1. The van der Waals surface area contributed by atoms with Gasteiger partial charge in [0.25, 0.3) is 0 Å². The SMILES string of the molecule is Cc1cc(C)c(Oc2ccccc2N(c2c(C)cc(C)cc2O)c2c(C)cc(C)cc2O)c(O)c1. The van der Waals surface area contributed by atoms with E-state index in [0.29, 0.717) is 28.6 Å². The van der Waals surface area contributed by atoms with Crippen molar-refractivity contribution in [3.8, 4) is 28.7 Å². The molecular weight excluding hydrogens is 438 g/mol. The Morgan fingerprint density at radius 3 is 1.51 bits per heavy atom. The molecule has 0 saturated carbocycles. The normalized spacial score (nSPS) is 10.9. The highest BCUT2D eigenvalue weighted by Crippen LogP contribution is 2.50. The van der Waals surface area contributed by atoms with Gasteiger partial charge in [-0.25, -0.2) is 0 Å². The van der Waals surface area contributed by atoms with Crippen molar-refractivity contribution in [1.82, 2.24) is 0 Å². The molecule has 5 nitrogen and oxygen atoms in total. The summed E-state index contributed by atoms with van der Waals surface area (Å²) in [6, 6.07) is 18.4. The molecule has 0 unspecified atom stereocenters. The summed E-state index contributed by atoms with van der Waals surface area (Å²) in [6.45, 7) is 11.5. The Balaban J connectivity index is 2.00. The molecule has 0 radical (unpaired) electrons. The van der Waals surface area contributed by atoms with Gasteiger partial charge in [0.1, 0.15) is 11.5 Å². The van der Waals surface area contributed by atoms with E-state index >= 15 is 0 Å². The van der Waals surface area contributed by atoms with Gasteiger partial charge in [0.05, 0.1) is 17.1 Å². The Kier molecular flexibility index (Phi) is 6.35. The summed E-state index contributed by atoms with van der Waals surface area (Å²) in [7, 11) is 0. The minimum atomic E-state index is 0.0487. The van der Waals surface area contributed by atoms with E-state index in [4.69, 9.17) is 4.74 Å². The molecule has 0 bridgehead atoms. The van der Waals surface area contributed by atoms with E-state index in [-0.39, 0.29) is 17.2 Å². The molecule has 0 atom stereocenters. The Bertz CT molecular complexity index is 1300. The molecule has 0 aliphatic carbocycles. The number of phenols is 3. The number of phenolic OH excluding ortho intramolecular Hbond substituents is 3. The van der Waals surface area contributed by atoms with E-state index < -0.39 is 0 Å². The lowest BCUT2D eigenvalue weighted by Crippen LogP contribution is -2.14. The van der Waals surface area contributed by atoms with Gasteiger partial charge < -0.3 is 20.1 Å². The summed E-state index contributed by atoms with van der Waals surface area (Å²) in [5, 5.41) is 32.8. The first-order chi connectivity index (χ1) is 16.6. The van der Waals surface area contributed by atoms with Gasteiger partial charge in [0, 0.05) is 0 Å². The monoisotopic (exact) mass is 469 g/mol. The summed E-state index contributed by atoms with van der Waals surface area (Å²) in [6.07, 6.45) is 0. The Morgan fingerprint density at radius 2 is 1.03 bits per heavy atom. The van der Waals surface area contributed by atoms with E-state index in [1.54, 1.807) is 18.2 Å². The number of hydrogen-bond donors (Lipinski definition) is 3. The lowest BCUT2D eigenvalue weighted by molar-refractivity contribution is 0.409. The zero-order chi connectivity index (χ0) is 25.4. The number of nitrogens with zero attached hydrogens (tertiary/aromatic N) is 1. The average molecular weight is 470 g/mol. The van der Waals surface area contributed by atoms with Crippen LogP contribution in [-0.4, -0.2) is 15.3 Å². The highest BCUT2D eigenvalue weighted by atomic mass is 16.5. The number of para-hydroxylation sites is 2. The van der Waals surface area contributed by atoms with Crippen LogP contribution in [0.2, 0.25) is 0 Å². The third-order valence-electron chi connectivity index (χ3n) is 6.01. The van der Waals surface area contributed by atoms with E-state index in [9.17, 15) is 15.3 Å². The summed E-state index contributed by atoms with van der Waals surface area (Å²) in [4.78, 5) is 1.82. The minimum Gasteiger partial charge on any atom is -0.506 e. The number of benzene rings is 4. The minimum absolute atomic E-state index is 0.0487. The van der Waals surface area contributed by atoms with Crippen molar-refractivity contribution in [3.05, 3.63) is 94.0 Å². The molecule has 0 aromatic heterocycles. The van der Waals surface area contributed by atoms with Crippen molar-refractivity contribution < 1.29 is 20.1 Å². The van der Waals surface area contributed by atoms with Crippen molar-refractivity contribution >= 4 is 17.1 Å². The predicted molar refractivity (Wildman–Crippen MR) is 141 cm³/mol. The summed E-state index contributed by atoms with van der Waals surface area (Å²) in [5.41, 5.74) is 6.96. The maximum absolute atomic E-state index is 11.1. The fourth-order valence-electron chi connectivity index (χ4n) is 4.71. The topological polar surface area (TPSA) is 73.2 Å². The smallest absolute Gasteiger partial charge is 0.172 e. The number of ether oxygens (including phenoxy) is 1. The van der Waals surface area contributed by atoms with Crippen LogP contribution >= 0.6 is 0 Å². The molecule has 35 heavy (non-hydrogen) atoms. The fraction of sp³-hybridized carbons (Fsp3) is 0.200. The van der Waals surface area contributed by atoms with Gasteiger partial charge in [-0.05, 0) is 105 Å². The first-order valence-corrected chi connectivity index (χ1v) is 11.5. The number of anilines is 3. The molecule has 0 amide bonds. The van der Waals surface area contributed by atoms with Gasteiger partial charge in [-0.1, -0.05) is 30.3 Å². The Labute approximate surface area is 206 Å². The van der Waals surface area contributed by atoms with Crippen LogP contribution < -0.4 is 9.64 Å². The molecule has 180 valence electrons. The molecule has 0 saturated heterocycles. The van der Waals surface area contributed by atoms with Crippen LogP contribution in [0.15, 0.2) is 60.7 Å². The maximum Gasteiger partial charge on any atom is 0.172 e. The van der Waals surface area contributed by atoms with Crippen LogP contribution in [0.5, 0.6) is 28.7 Å². The molecule has 0 aliphatic rings. The molecule has 0 spiro atoms. The molecule has 0 fully saturated rings. The van der Waals surface area contributed by atoms with Crippen molar-refractivity contribution in [1.29, 1.82) is 0 Å². The molecular formula is C30H31NO4. The third kappa shape index (κ3) is 4.62. The zero-order valence-corrected chi connectivity index (χ0v) is 21.0. The zero-order valence-electron chi connectivity index (χ0n) is 21.0. The number of rotatable bonds is 5. The van der Waals surface area contributed by atoms with Gasteiger partial charge in [0.15, 0.2) is 17.2 Å². The molecule has 3 N–H and O–H groups in total. The van der Waals surface area contributed by atoms with Gasteiger partial charge in [0.2, 0.25) is 0 Å².